The van der Waals surface area contributed by atoms with Crippen LogP contribution < -0.4 is 0 Å². The van der Waals surface area contributed by atoms with Crippen LogP contribution in [0.4, 0.5) is 0 Å². The lowest BCUT2D eigenvalue weighted by atomic mass is 9.63. The Kier molecular flexibility index (Phi) is 8.37. The molecule has 0 fully saturated rings. The fraction of sp³-hybridized carbons (Fsp3) is 0.183. The van der Waals surface area contributed by atoms with Crippen LogP contribution in [0.15, 0.2) is 170 Å². The van der Waals surface area contributed by atoms with E-state index in [4.69, 9.17) is 15.0 Å². The van der Waals surface area contributed by atoms with Gasteiger partial charge in [0.15, 0.2) is 17.5 Å². The summed E-state index contributed by atoms with van der Waals surface area (Å²) in [5, 5.41) is 5.07. The van der Waals surface area contributed by atoms with E-state index in [1.54, 1.807) is 0 Å². The average Bonchev–Trinajstić information content (AvgIpc) is 3.78. The summed E-state index contributed by atoms with van der Waals surface area (Å²) in [6, 6.07) is 61.8. The zero-order chi connectivity index (χ0) is 43.5. The average molecular weight is 827 g/mol. The first-order valence-corrected chi connectivity index (χ1v) is 22.7. The van der Waals surface area contributed by atoms with Crippen LogP contribution in [0.5, 0.6) is 0 Å². The molecule has 8 aromatic carbocycles. The number of nitrogens with zero attached hydrogens (tertiary/aromatic N) is 4. The third kappa shape index (κ3) is 5.85. The van der Waals surface area contributed by atoms with Gasteiger partial charge in [-0.15, -0.1) is 0 Å². The molecule has 12 rings (SSSR count). The van der Waals surface area contributed by atoms with Crippen LogP contribution in [0.1, 0.15) is 76.6 Å². The molecule has 0 spiro atoms. The first kappa shape index (κ1) is 38.5. The molecule has 0 bridgehead atoms. The van der Waals surface area contributed by atoms with Crippen LogP contribution in [0.3, 0.4) is 0 Å². The van der Waals surface area contributed by atoms with Crippen molar-refractivity contribution >= 4 is 32.6 Å². The summed E-state index contributed by atoms with van der Waals surface area (Å²) in [5.74, 6) is 1.95. The van der Waals surface area contributed by atoms with Crippen molar-refractivity contribution in [2.24, 2.45) is 0 Å². The molecule has 0 radical (unpaired) electrons. The molecule has 0 atom stereocenters. The zero-order valence-electron chi connectivity index (χ0n) is 37.4. The van der Waals surface area contributed by atoms with Crippen LogP contribution in [0.2, 0.25) is 0 Å². The lowest BCUT2D eigenvalue weighted by Gasteiger charge is -2.42. The molecule has 2 aromatic heterocycles. The number of hydrogen-bond donors (Lipinski definition) is 0. The Labute approximate surface area is 375 Å². The van der Waals surface area contributed by atoms with Crippen molar-refractivity contribution in [2.45, 2.75) is 70.6 Å². The Balaban J connectivity index is 1.05. The minimum atomic E-state index is -0.153. The van der Waals surface area contributed by atoms with Gasteiger partial charge in [-0.05, 0) is 116 Å². The van der Waals surface area contributed by atoms with Gasteiger partial charge in [-0.2, -0.15) is 0 Å². The van der Waals surface area contributed by atoms with E-state index in [1.165, 1.54) is 78.8 Å². The molecule has 0 amide bonds. The Hall–Kier alpha value is -7.17. The van der Waals surface area contributed by atoms with E-state index in [0.29, 0.717) is 17.5 Å². The molecule has 0 N–H and O–H groups in total. The van der Waals surface area contributed by atoms with Gasteiger partial charge in [-0.25, -0.2) is 15.0 Å². The Morgan fingerprint density at radius 2 is 0.984 bits per heavy atom. The van der Waals surface area contributed by atoms with Gasteiger partial charge in [0.25, 0.3) is 0 Å². The van der Waals surface area contributed by atoms with Crippen molar-refractivity contribution in [3.05, 3.63) is 192 Å². The molecule has 4 heteroatoms. The van der Waals surface area contributed by atoms with Gasteiger partial charge in [0.1, 0.15) is 0 Å². The van der Waals surface area contributed by atoms with Crippen molar-refractivity contribution in [3.63, 3.8) is 0 Å². The molecular formula is C60H50N4. The third-order valence-electron chi connectivity index (χ3n) is 14.7. The SMILES string of the molecule is CC1(C)CCC(C)(C)c2cc3c(cc21)c1ccc2ccccc2c1n3-c1ccc(-c2nc(-c3ccc4c(c3)C(C)(C)c3ccccc3-4)nc(-c3ccccc3-c3ccccc3)n2)cc1. The van der Waals surface area contributed by atoms with E-state index in [2.05, 4.69) is 216 Å². The molecule has 4 nitrogen and oxygen atoms in total. The van der Waals surface area contributed by atoms with E-state index in [9.17, 15) is 0 Å². The van der Waals surface area contributed by atoms with Crippen molar-refractivity contribution in [2.75, 3.05) is 0 Å². The van der Waals surface area contributed by atoms with Gasteiger partial charge in [0, 0.05) is 44.0 Å². The van der Waals surface area contributed by atoms with Crippen molar-refractivity contribution in [3.8, 4) is 62.1 Å². The highest BCUT2D eigenvalue weighted by Crippen LogP contribution is 2.51. The minimum absolute atomic E-state index is 0.0814. The zero-order valence-corrected chi connectivity index (χ0v) is 37.4. The monoisotopic (exact) mass is 826 g/mol. The molecule has 10 aromatic rings. The normalized spacial score (nSPS) is 15.6. The van der Waals surface area contributed by atoms with Gasteiger partial charge >= 0.3 is 0 Å². The molecule has 0 aliphatic heterocycles. The van der Waals surface area contributed by atoms with E-state index in [-0.39, 0.29) is 16.2 Å². The predicted octanol–water partition coefficient (Wildman–Crippen LogP) is 15.4. The van der Waals surface area contributed by atoms with Crippen molar-refractivity contribution in [1.82, 2.24) is 19.5 Å². The summed E-state index contributed by atoms with van der Waals surface area (Å²) in [4.78, 5) is 15.9. The highest BCUT2D eigenvalue weighted by molar-refractivity contribution is 6.19. The summed E-state index contributed by atoms with van der Waals surface area (Å²) in [7, 11) is 0. The lowest BCUT2D eigenvalue weighted by Crippen LogP contribution is -2.33. The van der Waals surface area contributed by atoms with Gasteiger partial charge < -0.3 is 4.57 Å². The first-order chi connectivity index (χ1) is 31.0. The second kappa shape index (κ2) is 13.9. The third-order valence-corrected chi connectivity index (χ3v) is 14.7. The molecule has 0 unspecified atom stereocenters. The summed E-state index contributed by atoms with van der Waals surface area (Å²) in [5.41, 5.74) is 16.9. The number of aromatic nitrogens is 4. The van der Waals surface area contributed by atoms with Crippen molar-refractivity contribution < 1.29 is 0 Å². The van der Waals surface area contributed by atoms with E-state index >= 15 is 0 Å². The van der Waals surface area contributed by atoms with Gasteiger partial charge in [0.05, 0.1) is 11.0 Å². The van der Waals surface area contributed by atoms with Crippen LogP contribution in [-0.2, 0) is 16.2 Å². The van der Waals surface area contributed by atoms with Crippen molar-refractivity contribution in [1.29, 1.82) is 0 Å². The number of benzene rings is 8. The van der Waals surface area contributed by atoms with E-state index < -0.39 is 0 Å². The molecule has 2 heterocycles. The molecule has 64 heavy (non-hydrogen) atoms. The second-order valence-corrected chi connectivity index (χ2v) is 19.9. The summed E-state index contributed by atoms with van der Waals surface area (Å²) < 4.78 is 2.50. The number of fused-ring (bicyclic) bond motifs is 9. The fourth-order valence-corrected chi connectivity index (χ4v) is 11.0. The lowest BCUT2D eigenvalue weighted by molar-refractivity contribution is 0.332. The summed E-state index contributed by atoms with van der Waals surface area (Å²) in [6.07, 6.45) is 2.34. The van der Waals surface area contributed by atoms with Crippen LogP contribution >= 0.6 is 0 Å². The topological polar surface area (TPSA) is 43.6 Å². The van der Waals surface area contributed by atoms with Gasteiger partial charge in [-0.3, -0.25) is 0 Å². The molecule has 2 aliphatic carbocycles. The Bertz CT molecular complexity index is 3520. The molecule has 0 saturated carbocycles. The molecule has 0 saturated heterocycles. The number of rotatable bonds is 5. The smallest absolute Gasteiger partial charge is 0.164 e. The highest BCUT2D eigenvalue weighted by Gasteiger charge is 2.38. The maximum atomic E-state index is 5.31. The molecule has 2 aliphatic rings. The Morgan fingerprint density at radius 1 is 0.391 bits per heavy atom. The summed E-state index contributed by atoms with van der Waals surface area (Å²) in [6.45, 7) is 14.3. The van der Waals surface area contributed by atoms with Gasteiger partial charge in [0.2, 0.25) is 0 Å². The maximum absolute atomic E-state index is 5.31. The van der Waals surface area contributed by atoms with Crippen LogP contribution in [-0.4, -0.2) is 19.5 Å². The second-order valence-electron chi connectivity index (χ2n) is 19.9. The molecule has 310 valence electrons. The largest absolute Gasteiger partial charge is 0.309 e. The van der Waals surface area contributed by atoms with Crippen LogP contribution in [0, 0.1) is 0 Å². The molecular weight excluding hydrogens is 777 g/mol. The van der Waals surface area contributed by atoms with Crippen LogP contribution in [0.25, 0.3) is 94.7 Å². The number of hydrogen-bond acceptors (Lipinski definition) is 3. The quantitative estimate of drug-likeness (QED) is 0.174. The van der Waals surface area contributed by atoms with Gasteiger partial charge in [-0.1, -0.05) is 169 Å². The summed E-state index contributed by atoms with van der Waals surface area (Å²) >= 11 is 0. The predicted molar refractivity (Wildman–Crippen MR) is 266 cm³/mol. The fourth-order valence-electron chi connectivity index (χ4n) is 11.0. The Morgan fingerprint density at radius 3 is 1.75 bits per heavy atom. The highest BCUT2D eigenvalue weighted by atomic mass is 15.0. The van der Waals surface area contributed by atoms with E-state index in [1.807, 2.05) is 0 Å². The standard InChI is InChI=1S/C60H50N4/c1-58(2)32-33-59(3,4)52-36-53-48(35-51(52)58)46-31-26-38-18-10-11-20-43(38)54(46)64(53)41-28-24-39(25-29-41)55-61-56(40-27-30-45-44-21-14-15-23-49(44)60(5,6)50(45)34-40)63-57(62-55)47-22-13-12-19-42(47)37-16-8-7-9-17-37/h7-31,34-36H,32-33H2,1-6H3. The first-order valence-electron chi connectivity index (χ1n) is 22.7. The minimum Gasteiger partial charge on any atom is -0.309 e. The maximum Gasteiger partial charge on any atom is 0.164 e. The van der Waals surface area contributed by atoms with E-state index in [0.717, 1.165) is 33.5 Å².